The summed E-state index contributed by atoms with van der Waals surface area (Å²) in [5.41, 5.74) is 1.89. The molecule has 0 fully saturated rings. The zero-order valence-corrected chi connectivity index (χ0v) is 14.9. The van der Waals surface area contributed by atoms with Crippen molar-refractivity contribution in [3.63, 3.8) is 0 Å². The van der Waals surface area contributed by atoms with Gasteiger partial charge in [0.15, 0.2) is 9.84 Å². The van der Waals surface area contributed by atoms with Gasteiger partial charge in [0.2, 0.25) is 0 Å². The molecule has 0 unspecified atom stereocenters. The fourth-order valence-electron chi connectivity index (χ4n) is 3.17. The summed E-state index contributed by atoms with van der Waals surface area (Å²) >= 11 is 0. The summed E-state index contributed by atoms with van der Waals surface area (Å²) in [6.07, 6.45) is 2.44. The highest BCUT2D eigenvalue weighted by molar-refractivity contribution is 7.90. The van der Waals surface area contributed by atoms with Gasteiger partial charge in [-0.25, -0.2) is 13.2 Å². The Kier molecular flexibility index (Phi) is 3.67. The molecule has 0 saturated heterocycles. The van der Waals surface area contributed by atoms with Crippen LogP contribution < -0.4 is 5.56 Å². The molecule has 2 heterocycles. The summed E-state index contributed by atoms with van der Waals surface area (Å²) in [6, 6.07) is 11.7. The average Bonchev–Trinajstić information content (AvgIpc) is 3.07. The van der Waals surface area contributed by atoms with Gasteiger partial charge in [-0.05, 0) is 35.4 Å². The van der Waals surface area contributed by atoms with E-state index in [1.807, 2.05) is 0 Å². The van der Waals surface area contributed by atoms with E-state index >= 15 is 0 Å². The summed E-state index contributed by atoms with van der Waals surface area (Å²) in [7, 11) is -3.29. The lowest BCUT2D eigenvalue weighted by Crippen LogP contribution is -2.07. The maximum Gasteiger partial charge on any atom is 0.337 e. The first-order valence-electron chi connectivity index (χ1n) is 7.96. The van der Waals surface area contributed by atoms with Crippen molar-refractivity contribution in [3.05, 3.63) is 64.6 Å². The van der Waals surface area contributed by atoms with Gasteiger partial charge in [-0.15, -0.1) is 0 Å². The molecule has 136 valence electrons. The van der Waals surface area contributed by atoms with Crippen LogP contribution in [-0.2, 0) is 9.84 Å². The van der Waals surface area contributed by atoms with Crippen LogP contribution in [0.5, 0.6) is 0 Å². The molecule has 0 spiro atoms. The Morgan fingerprint density at radius 2 is 1.70 bits per heavy atom. The monoisotopic (exact) mass is 382 g/mol. The van der Waals surface area contributed by atoms with Crippen molar-refractivity contribution in [3.8, 4) is 11.1 Å². The number of hydrogen-bond acceptors (Lipinski definition) is 4. The van der Waals surface area contributed by atoms with Gasteiger partial charge in [0.05, 0.1) is 10.5 Å². The fourth-order valence-corrected chi connectivity index (χ4v) is 3.80. The number of aromatic carboxylic acids is 1. The third kappa shape index (κ3) is 2.80. The van der Waals surface area contributed by atoms with E-state index in [0.29, 0.717) is 16.3 Å². The molecule has 4 rings (SSSR count). The smallest absolute Gasteiger partial charge is 0.337 e. The fraction of sp³-hybridized carbons (Fsp3) is 0.0526. The minimum Gasteiger partial charge on any atom is -0.478 e. The average molecular weight is 382 g/mol. The molecule has 27 heavy (non-hydrogen) atoms. The van der Waals surface area contributed by atoms with Crippen molar-refractivity contribution in [2.75, 3.05) is 6.26 Å². The van der Waals surface area contributed by atoms with Gasteiger partial charge in [0, 0.05) is 28.7 Å². The van der Waals surface area contributed by atoms with Gasteiger partial charge >= 0.3 is 5.97 Å². The molecule has 0 bridgehead atoms. The second-order valence-corrected chi connectivity index (χ2v) is 8.28. The van der Waals surface area contributed by atoms with E-state index in [-0.39, 0.29) is 16.0 Å². The Bertz CT molecular complexity index is 1380. The van der Waals surface area contributed by atoms with Crippen LogP contribution in [0, 0.1) is 0 Å². The molecule has 2 aromatic heterocycles. The molecule has 0 aliphatic heterocycles. The van der Waals surface area contributed by atoms with Crippen molar-refractivity contribution < 1.29 is 18.3 Å². The van der Waals surface area contributed by atoms with Gasteiger partial charge in [0.25, 0.3) is 5.56 Å². The molecule has 0 aliphatic carbocycles. The van der Waals surface area contributed by atoms with Crippen LogP contribution >= 0.6 is 0 Å². The lowest BCUT2D eigenvalue weighted by Gasteiger charge is -2.07. The lowest BCUT2D eigenvalue weighted by molar-refractivity contribution is 0.0699. The van der Waals surface area contributed by atoms with E-state index in [2.05, 4.69) is 9.97 Å². The van der Waals surface area contributed by atoms with Crippen LogP contribution in [0.15, 0.2) is 58.4 Å². The van der Waals surface area contributed by atoms with Crippen LogP contribution in [0.4, 0.5) is 0 Å². The number of H-pyrrole nitrogens is 2. The Labute approximate surface area is 153 Å². The normalized spacial score (nSPS) is 11.9. The quantitative estimate of drug-likeness (QED) is 0.503. The second-order valence-electron chi connectivity index (χ2n) is 6.27. The lowest BCUT2D eigenvalue weighted by atomic mass is 10.0. The van der Waals surface area contributed by atoms with Crippen molar-refractivity contribution >= 4 is 37.6 Å². The second kappa shape index (κ2) is 5.82. The van der Waals surface area contributed by atoms with Gasteiger partial charge in [-0.1, -0.05) is 18.2 Å². The topological polar surface area (TPSA) is 120 Å². The zero-order chi connectivity index (χ0) is 19.3. The van der Waals surface area contributed by atoms with Gasteiger partial charge < -0.3 is 15.1 Å². The van der Waals surface area contributed by atoms with E-state index in [4.69, 9.17) is 0 Å². The first kappa shape index (κ1) is 17.0. The van der Waals surface area contributed by atoms with E-state index in [9.17, 15) is 23.1 Å². The number of hydrogen-bond donors (Lipinski definition) is 3. The van der Waals surface area contributed by atoms with Crippen LogP contribution in [0.25, 0.3) is 32.9 Å². The summed E-state index contributed by atoms with van der Waals surface area (Å²) in [6.45, 7) is 0. The highest BCUT2D eigenvalue weighted by Crippen LogP contribution is 2.30. The number of aromatic amines is 2. The van der Waals surface area contributed by atoms with E-state index < -0.39 is 21.4 Å². The number of nitrogens with one attached hydrogen (secondary N) is 2. The molecular formula is C19H14N2O5S. The number of pyridine rings is 1. The molecule has 0 saturated carbocycles. The van der Waals surface area contributed by atoms with Crippen molar-refractivity contribution in [2.45, 2.75) is 4.90 Å². The molecule has 0 amide bonds. The molecule has 0 atom stereocenters. The summed E-state index contributed by atoms with van der Waals surface area (Å²) in [5.74, 6) is -1.13. The highest BCUT2D eigenvalue weighted by Gasteiger charge is 2.17. The predicted molar refractivity (Wildman–Crippen MR) is 102 cm³/mol. The van der Waals surface area contributed by atoms with Gasteiger partial charge in [-0.2, -0.15) is 0 Å². The molecule has 7 nitrogen and oxygen atoms in total. The summed E-state index contributed by atoms with van der Waals surface area (Å²) < 4.78 is 23.2. The van der Waals surface area contributed by atoms with Crippen molar-refractivity contribution in [2.24, 2.45) is 0 Å². The number of rotatable bonds is 3. The minimum absolute atomic E-state index is 0.0191. The van der Waals surface area contributed by atoms with Crippen LogP contribution in [-0.4, -0.2) is 35.7 Å². The van der Waals surface area contributed by atoms with Crippen molar-refractivity contribution in [1.82, 2.24) is 9.97 Å². The maximum absolute atomic E-state index is 12.2. The maximum atomic E-state index is 12.2. The zero-order valence-electron chi connectivity index (χ0n) is 14.1. The first-order valence-corrected chi connectivity index (χ1v) is 9.86. The highest BCUT2D eigenvalue weighted by atomic mass is 32.2. The molecular weight excluding hydrogens is 368 g/mol. The van der Waals surface area contributed by atoms with Crippen molar-refractivity contribution in [1.29, 1.82) is 0 Å². The van der Waals surface area contributed by atoms with Gasteiger partial charge in [0.1, 0.15) is 5.52 Å². The largest absolute Gasteiger partial charge is 0.478 e. The first-order chi connectivity index (χ1) is 12.8. The third-order valence-corrected chi connectivity index (χ3v) is 5.62. The molecule has 0 radical (unpaired) electrons. The molecule has 2 aromatic carbocycles. The van der Waals surface area contributed by atoms with Crippen LogP contribution in [0.2, 0.25) is 0 Å². The van der Waals surface area contributed by atoms with E-state index in [0.717, 1.165) is 17.4 Å². The van der Waals surface area contributed by atoms with Crippen LogP contribution in [0.1, 0.15) is 10.4 Å². The summed E-state index contributed by atoms with van der Waals surface area (Å²) in [5, 5.41) is 10.4. The number of carboxylic acid groups (broad SMARTS) is 1. The third-order valence-electron chi connectivity index (χ3n) is 4.49. The predicted octanol–water partition coefficient (Wildman–Crippen LogP) is 2.78. The van der Waals surface area contributed by atoms with E-state index in [1.54, 1.807) is 30.3 Å². The SMILES string of the molecule is CS(=O)(=O)c1ccc(-c2ccc3[nH]c(=O)c4[nH]cc(C(=O)O)c4c3c2)cc1. The molecule has 0 aliphatic rings. The minimum atomic E-state index is -3.29. The number of benzene rings is 2. The van der Waals surface area contributed by atoms with E-state index in [1.165, 1.54) is 18.3 Å². The van der Waals surface area contributed by atoms with Crippen LogP contribution in [0.3, 0.4) is 0 Å². The Morgan fingerprint density at radius 3 is 2.33 bits per heavy atom. The van der Waals surface area contributed by atoms with Gasteiger partial charge in [-0.3, -0.25) is 4.79 Å². The molecule has 8 heteroatoms. The number of sulfone groups is 1. The standard InChI is InChI=1S/C19H14N2O5S/c1-27(25,26)12-5-2-10(3-6-12)11-4-7-15-13(8-11)16-14(19(23)24)9-20-17(16)18(22)21-15/h2-9,20H,1H3,(H,21,22)(H,23,24). The molecule has 4 aromatic rings. The summed E-state index contributed by atoms with van der Waals surface area (Å²) in [4.78, 5) is 29.4. The molecule has 3 N–H and O–H groups in total. The number of aromatic nitrogens is 2. The Hall–Kier alpha value is -3.39. The number of carbonyl (C=O) groups is 1. The number of fused-ring (bicyclic) bond motifs is 3. The number of carboxylic acids is 1. The Morgan fingerprint density at radius 1 is 1.04 bits per heavy atom. The Balaban J connectivity index is 1.98.